The Labute approximate surface area is 197 Å². The Bertz CT molecular complexity index is 1280. The fourth-order valence-electron chi connectivity index (χ4n) is 4.25. The van der Waals surface area contributed by atoms with Crippen molar-refractivity contribution in [1.29, 1.82) is 5.41 Å². The zero-order chi connectivity index (χ0) is 22.2. The maximum Gasteiger partial charge on any atom is 0.261 e. The van der Waals surface area contributed by atoms with E-state index in [0.717, 1.165) is 41.1 Å². The van der Waals surface area contributed by atoms with E-state index in [9.17, 15) is 9.59 Å². The summed E-state index contributed by atoms with van der Waals surface area (Å²) in [6, 6.07) is 7.07. The zero-order valence-corrected chi connectivity index (χ0v) is 19.7. The molecule has 2 aromatic heterocycles. The van der Waals surface area contributed by atoms with E-state index in [1.165, 1.54) is 16.2 Å². The summed E-state index contributed by atoms with van der Waals surface area (Å²) in [5.74, 6) is -0.503. The van der Waals surface area contributed by atoms with Gasteiger partial charge in [0, 0.05) is 27.8 Å². The lowest BCUT2D eigenvalue weighted by atomic mass is 9.95. The molecule has 3 heterocycles. The first-order chi connectivity index (χ1) is 15.5. The Morgan fingerprint density at radius 3 is 2.72 bits per heavy atom. The molecule has 1 aromatic carbocycles. The van der Waals surface area contributed by atoms with Crippen LogP contribution in [-0.2, 0) is 17.6 Å². The summed E-state index contributed by atoms with van der Waals surface area (Å²) in [5.41, 5.74) is 2.12. The molecule has 0 spiro atoms. The molecule has 1 saturated heterocycles. The molecule has 0 saturated carbocycles. The van der Waals surface area contributed by atoms with Crippen LogP contribution in [0.15, 0.2) is 33.2 Å². The van der Waals surface area contributed by atoms with E-state index in [-0.39, 0.29) is 17.0 Å². The molecule has 1 fully saturated rings. The number of morpholine rings is 1. The van der Waals surface area contributed by atoms with Gasteiger partial charge in [0.15, 0.2) is 0 Å². The second kappa shape index (κ2) is 8.80. The van der Waals surface area contributed by atoms with Crippen molar-refractivity contribution >= 4 is 55.1 Å². The number of thiophene rings is 1. The monoisotopic (exact) mass is 515 g/mol. The van der Waals surface area contributed by atoms with E-state index < -0.39 is 5.91 Å². The van der Waals surface area contributed by atoms with Gasteiger partial charge in [-0.05, 0) is 55.5 Å². The molecule has 3 aromatic rings. The van der Waals surface area contributed by atoms with Crippen molar-refractivity contribution in [3.63, 3.8) is 0 Å². The molecule has 9 heteroatoms. The molecule has 2 amide bonds. The van der Waals surface area contributed by atoms with Gasteiger partial charge in [0.05, 0.1) is 18.8 Å². The maximum atomic E-state index is 13.4. The first-order valence-corrected chi connectivity index (χ1v) is 12.2. The normalized spacial score (nSPS) is 16.1. The van der Waals surface area contributed by atoms with Gasteiger partial charge in [-0.25, -0.2) is 0 Å². The van der Waals surface area contributed by atoms with Gasteiger partial charge < -0.3 is 19.4 Å². The van der Waals surface area contributed by atoms with Crippen LogP contribution in [0.5, 0.6) is 0 Å². The molecule has 2 aliphatic rings. The molecule has 0 radical (unpaired) electrons. The topological polar surface area (TPSA) is 95.6 Å². The highest BCUT2D eigenvalue weighted by atomic mass is 79.9. The molecule has 0 atom stereocenters. The lowest BCUT2D eigenvalue weighted by molar-refractivity contribution is 0.0303. The molecule has 1 aliphatic carbocycles. The number of ether oxygens (including phenoxy) is 1. The highest BCUT2D eigenvalue weighted by molar-refractivity contribution is 9.10. The Balaban J connectivity index is 1.51. The summed E-state index contributed by atoms with van der Waals surface area (Å²) < 4.78 is 11.8. The van der Waals surface area contributed by atoms with Crippen molar-refractivity contribution in [2.75, 3.05) is 31.6 Å². The summed E-state index contributed by atoms with van der Waals surface area (Å²) >= 11 is 4.90. The smallest absolute Gasteiger partial charge is 0.261 e. The third kappa shape index (κ3) is 4.00. The van der Waals surface area contributed by atoms with E-state index in [4.69, 9.17) is 14.6 Å². The average Bonchev–Trinajstić information content (AvgIpc) is 3.16. The van der Waals surface area contributed by atoms with Gasteiger partial charge in [-0.2, -0.15) is 0 Å². The second-order valence-electron chi connectivity index (χ2n) is 7.95. The van der Waals surface area contributed by atoms with Crippen LogP contribution in [0.3, 0.4) is 0 Å². The molecule has 1 aliphatic heterocycles. The van der Waals surface area contributed by atoms with E-state index in [1.807, 2.05) is 12.1 Å². The van der Waals surface area contributed by atoms with Crippen LogP contribution in [0.2, 0.25) is 0 Å². The van der Waals surface area contributed by atoms with Gasteiger partial charge >= 0.3 is 0 Å². The van der Waals surface area contributed by atoms with Gasteiger partial charge in [0.25, 0.3) is 11.8 Å². The Kier molecular flexibility index (Phi) is 5.88. The van der Waals surface area contributed by atoms with Gasteiger partial charge in [-0.15, -0.1) is 11.3 Å². The quantitative estimate of drug-likeness (QED) is 0.542. The van der Waals surface area contributed by atoms with E-state index in [2.05, 4.69) is 21.2 Å². The van der Waals surface area contributed by atoms with Crippen LogP contribution in [-0.4, -0.2) is 43.0 Å². The molecule has 2 N–H and O–H groups in total. The van der Waals surface area contributed by atoms with Crippen LogP contribution in [0.1, 0.15) is 44.0 Å². The summed E-state index contributed by atoms with van der Waals surface area (Å²) in [6.07, 6.45) is 3.88. The number of amides is 2. The summed E-state index contributed by atoms with van der Waals surface area (Å²) in [6.45, 7) is 2.14. The first kappa shape index (κ1) is 21.4. The van der Waals surface area contributed by atoms with Crippen LogP contribution in [0, 0.1) is 5.41 Å². The number of benzene rings is 1. The minimum absolute atomic E-state index is 0.0544. The van der Waals surface area contributed by atoms with E-state index >= 15 is 0 Å². The van der Waals surface area contributed by atoms with Gasteiger partial charge in [-0.1, -0.05) is 15.9 Å². The number of aryl methyl sites for hydroxylation is 1. The third-order valence-electron chi connectivity index (χ3n) is 5.88. The van der Waals surface area contributed by atoms with Crippen molar-refractivity contribution < 1.29 is 18.7 Å². The van der Waals surface area contributed by atoms with Crippen molar-refractivity contribution in [2.24, 2.45) is 0 Å². The van der Waals surface area contributed by atoms with Crippen LogP contribution in [0.25, 0.3) is 11.0 Å². The number of hydrogen-bond acceptors (Lipinski definition) is 6. The van der Waals surface area contributed by atoms with Crippen molar-refractivity contribution in [3.8, 4) is 0 Å². The predicted octanol–water partition coefficient (Wildman–Crippen LogP) is 4.34. The van der Waals surface area contributed by atoms with Gasteiger partial charge in [-0.3, -0.25) is 15.0 Å². The van der Waals surface area contributed by atoms with Crippen molar-refractivity contribution in [3.05, 3.63) is 55.9 Å². The molecular weight excluding hydrogens is 494 g/mol. The van der Waals surface area contributed by atoms with E-state index in [0.29, 0.717) is 42.5 Å². The molecular formula is C23H22BrN3O4S. The lowest BCUT2D eigenvalue weighted by Crippen LogP contribution is -2.41. The van der Waals surface area contributed by atoms with Crippen molar-refractivity contribution in [2.45, 2.75) is 25.7 Å². The SMILES string of the molecule is N=c1oc2ccc(Br)cc2cc1C(=O)Nc1sc2c(c1C(=O)N1CCOCC1)CCCC2. The maximum absolute atomic E-state index is 13.4. The largest absolute Gasteiger partial charge is 0.438 e. The third-order valence-corrected chi connectivity index (χ3v) is 7.58. The molecule has 166 valence electrons. The highest BCUT2D eigenvalue weighted by Gasteiger charge is 2.30. The fraction of sp³-hybridized carbons (Fsp3) is 0.348. The van der Waals surface area contributed by atoms with Crippen molar-refractivity contribution in [1.82, 2.24) is 4.90 Å². The molecule has 5 rings (SSSR count). The van der Waals surface area contributed by atoms with Crippen LogP contribution in [0.4, 0.5) is 5.00 Å². The Morgan fingerprint density at radius 2 is 1.91 bits per heavy atom. The highest BCUT2D eigenvalue weighted by Crippen LogP contribution is 2.39. The predicted molar refractivity (Wildman–Crippen MR) is 125 cm³/mol. The standard InChI is InChI=1S/C23H22BrN3O4S/c24-14-5-6-17-13(11-14)12-16(20(25)31-17)21(28)26-22-19(15-3-1-2-4-18(15)32-22)23(29)27-7-9-30-10-8-27/h5-6,11-12,25H,1-4,7-10H2,(H,26,28). The number of anilines is 1. The van der Waals surface area contributed by atoms with Crippen LogP contribution < -0.4 is 10.9 Å². The van der Waals surface area contributed by atoms with Gasteiger partial charge in [0.1, 0.15) is 16.1 Å². The van der Waals surface area contributed by atoms with Gasteiger partial charge in [0.2, 0.25) is 5.55 Å². The number of nitrogens with one attached hydrogen (secondary N) is 2. The first-order valence-electron chi connectivity index (χ1n) is 10.6. The molecule has 32 heavy (non-hydrogen) atoms. The lowest BCUT2D eigenvalue weighted by Gasteiger charge is -2.27. The second-order valence-corrected chi connectivity index (χ2v) is 9.97. The number of hydrogen-bond donors (Lipinski definition) is 2. The average molecular weight is 516 g/mol. The van der Waals surface area contributed by atoms with Crippen LogP contribution >= 0.6 is 27.3 Å². The molecule has 0 unspecified atom stereocenters. The Hall–Kier alpha value is -2.49. The minimum Gasteiger partial charge on any atom is -0.438 e. The number of fused-ring (bicyclic) bond motifs is 2. The number of rotatable bonds is 3. The summed E-state index contributed by atoms with van der Waals surface area (Å²) in [7, 11) is 0. The number of halogens is 1. The fourth-order valence-corrected chi connectivity index (χ4v) is 5.91. The molecule has 0 bridgehead atoms. The molecule has 7 nitrogen and oxygen atoms in total. The number of carbonyl (C=O) groups excluding carboxylic acids is 2. The zero-order valence-electron chi connectivity index (χ0n) is 17.3. The number of carbonyl (C=O) groups is 2. The summed E-state index contributed by atoms with van der Waals surface area (Å²) in [5, 5.41) is 12.4. The Morgan fingerprint density at radius 1 is 1.12 bits per heavy atom. The van der Waals surface area contributed by atoms with E-state index in [1.54, 1.807) is 17.0 Å². The number of nitrogens with zero attached hydrogens (tertiary/aromatic N) is 1. The minimum atomic E-state index is -0.449. The summed E-state index contributed by atoms with van der Waals surface area (Å²) in [4.78, 5) is 29.6.